The molecule has 0 saturated heterocycles. The summed E-state index contributed by atoms with van der Waals surface area (Å²) in [5, 5.41) is 45.9. The molecule has 0 aliphatic carbocycles. The Labute approximate surface area is 138 Å². The summed E-state index contributed by atoms with van der Waals surface area (Å²) in [5.74, 6) is 0. The summed E-state index contributed by atoms with van der Waals surface area (Å²) < 4.78 is 0.225. The maximum Gasteiger partial charge on any atom is 0.133 e. The van der Waals surface area contributed by atoms with Gasteiger partial charge in [-0.2, -0.15) is 0 Å². The van der Waals surface area contributed by atoms with Gasteiger partial charge in [-0.15, -0.1) is 12.6 Å². The average molecular weight is 312 g/mol. The maximum atomic E-state index is 9.51. The van der Waals surface area contributed by atoms with Gasteiger partial charge in [0, 0.05) is 43.1 Å². The number of hydrogen-bond donors (Lipinski definition) is 6. The molecule has 0 aliphatic rings. The Morgan fingerprint density at radius 2 is 1.56 bits per heavy atom. The molecule has 0 aromatic heterocycles. The Kier molecular flexibility index (Phi) is 15.8. The molecular formula is C8H19NNaO6S2. The van der Waals surface area contributed by atoms with Crippen LogP contribution in [0.5, 0.6) is 0 Å². The average Bonchev–Trinajstić information content (AvgIpc) is 2.25. The van der Waals surface area contributed by atoms with Gasteiger partial charge in [-0.3, -0.25) is 0 Å². The molecule has 7 N–H and O–H groups in total. The summed E-state index contributed by atoms with van der Waals surface area (Å²) in [6.45, 7) is -0.746. The molecule has 0 spiro atoms. The summed E-state index contributed by atoms with van der Waals surface area (Å²) in [7, 11) is 1.56. The van der Waals surface area contributed by atoms with Crippen LogP contribution in [0.15, 0.2) is 0 Å². The summed E-state index contributed by atoms with van der Waals surface area (Å²) in [4.78, 5) is 1.39. The van der Waals surface area contributed by atoms with Crippen LogP contribution in [-0.2, 0) is 0 Å². The molecule has 7 nitrogen and oxygen atoms in total. The molecule has 0 saturated carbocycles. The fourth-order valence-electron chi connectivity index (χ4n) is 1.03. The molecule has 0 bridgehead atoms. The van der Waals surface area contributed by atoms with Crippen LogP contribution in [0.2, 0.25) is 0 Å². The predicted molar refractivity (Wildman–Crippen MR) is 74.7 cm³/mol. The fourth-order valence-corrected chi connectivity index (χ4v) is 1.19. The molecule has 0 fully saturated rings. The third-order valence-corrected chi connectivity index (χ3v) is 2.77. The second-order valence-electron chi connectivity index (χ2n) is 3.46. The van der Waals surface area contributed by atoms with E-state index in [1.54, 1.807) is 7.05 Å². The van der Waals surface area contributed by atoms with E-state index < -0.39 is 31.0 Å². The second kappa shape index (κ2) is 11.8. The first-order valence-corrected chi connectivity index (χ1v) is 5.44. The van der Waals surface area contributed by atoms with Crippen LogP contribution in [0.1, 0.15) is 0 Å². The van der Waals surface area contributed by atoms with Crippen LogP contribution < -0.4 is 0 Å². The van der Waals surface area contributed by atoms with Crippen molar-refractivity contribution in [2.45, 2.75) is 24.4 Å². The van der Waals surface area contributed by atoms with Gasteiger partial charge in [0.05, 0.1) is 12.7 Å². The molecule has 0 aromatic rings. The van der Waals surface area contributed by atoms with Crippen molar-refractivity contribution in [3.05, 3.63) is 0 Å². The quantitative estimate of drug-likeness (QED) is 0.169. The monoisotopic (exact) mass is 312 g/mol. The van der Waals surface area contributed by atoms with Gasteiger partial charge in [0.1, 0.15) is 22.6 Å². The van der Waals surface area contributed by atoms with E-state index in [9.17, 15) is 15.3 Å². The Morgan fingerprint density at radius 3 is 1.89 bits per heavy atom. The van der Waals surface area contributed by atoms with E-state index in [-0.39, 0.29) is 45.9 Å². The zero-order valence-electron chi connectivity index (χ0n) is 10.3. The number of likely N-dealkylation sites (N-methyl/N-ethyl adjacent to an activating group) is 1. The number of thiocarbonyl (C=S) groups is 1. The van der Waals surface area contributed by atoms with Crippen LogP contribution in [0.4, 0.5) is 0 Å². The van der Waals surface area contributed by atoms with Crippen LogP contribution >= 0.6 is 24.8 Å². The first kappa shape index (κ1) is 24.0. The Morgan fingerprint density at radius 1 is 1.17 bits per heavy atom. The van der Waals surface area contributed by atoms with Crippen molar-refractivity contribution in [1.29, 1.82) is 0 Å². The largest absolute Gasteiger partial charge is 0.412 e. The van der Waals surface area contributed by atoms with Gasteiger partial charge >= 0.3 is 0 Å². The Hall–Kier alpha value is 1.000. The topological polar surface area (TPSA) is 136 Å². The number of nitrogens with zero attached hydrogens (tertiary/aromatic N) is 1. The zero-order chi connectivity index (χ0) is 12.9. The molecule has 0 unspecified atom stereocenters. The predicted octanol–water partition coefficient (Wildman–Crippen LogP) is -3.64. The second-order valence-corrected chi connectivity index (χ2v) is 4.57. The molecule has 0 aliphatic heterocycles. The number of aliphatic hydroxyl groups excluding tert-OH is 5. The van der Waals surface area contributed by atoms with Crippen molar-refractivity contribution in [3.8, 4) is 0 Å². The van der Waals surface area contributed by atoms with E-state index >= 15 is 0 Å². The fraction of sp³-hybridized carbons (Fsp3) is 0.875. The molecule has 10 heteroatoms. The van der Waals surface area contributed by atoms with Gasteiger partial charge in [0.15, 0.2) is 0 Å². The SMILES string of the molecule is CN(C[C@H](O)[C@@H](O)[C@H](O)[C@H](O)CO)C(=S)S.O.[Na]. The molecule has 0 rings (SSSR count). The molecule has 18 heavy (non-hydrogen) atoms. The molecule has 0 aromatic carbocycles. The molecule has 0 heterocycles. The van der Waals surface area contributed by atoms with Gasteiger partial charge < -0.3 is 35.9 Å². The maximum absolute atomic E-state index is 9.51. The number of hydrogen-bond acceptors (Lipinski definition) is 6. The molecule has 0 amide bonds. The number of aliphatic hydroxyl groups is 5. The standard InChI is InChI=1S/C8H17NO5S2.Na.H2O/c1-9(8(15)16)2-4(11)6(13)7(14)5(12)3-10;;/h4-7,10-14H,2-3H2,1H3,(H,15,16);;1H2/t4-,5+,6+,7+;;/m0../s1. The smallest absolute Gasteiger partial charge is 0.133 e. The summed E-state index contributed by atoms with van der Waals surface area (Å²) in [6.07, 6.45) is -6.02. The number of rotatable bonds is 6. The first-order valence-electron chi connectivity index (χ1n) is 4.58. The third kappa shape index (κ3) is 8.23. The van der Waals surface area contributed by atoms with Gasteiger partial charge in [-0.25, -0.2) is 0 Å². The van der Waals surface area contributed by atoms with Crippen molar-refractivity contribution in [2.75, 3.05) is 20.2 Å². The van der Waals surface area contributed by atoms with E-state index in [2.05, 4.69) is 12.6 Å². The molecule has 105 valence electrons. The molecule has 1 radical (unpaired) electrons. The van der Waals surface area contributed by atoms with Gasteiger partial charge in [0.2, 0.25) is 0 Å². The molecule has 4 atom stereocenters. The first-order chi connectivity index (χ1) is 7.31. The van der Waals surface area contributed by atoms with E-state index in [0.29, 0.717) is 0 Å². The van der Waals surface area contributed by atoms with Crippen molar-refractivity contribution >= 4 is 58.7 Å². The van der Waals surface area contributed by atoms with Crippen molar-refractivity contribution in [3.63, 3.8) is 0 Å². The number of thiol groups is 1. The summed E-state index contributed by atoms with van der Waals surface area (Å²) in [6, 6.07) is 0. The van der Waals surface area contributed by atoms with Gasteiger partial charge in [-0.1, -0.05) is 12.2 Å². The minimum Gasteiger partial charge on any atom is -0.412 e. The normalized spacial score (nSPS) is 16.6. The third-order valence-electron chi connectivity index (χ3n) is 2.11. The van der Waals surface area contributed by atoms with E-state index in [1.165, 1.54) is 4.90 Å². The van der Waals surface area contributed by atoms with Gasteiger partial charge in [-0.05, 0) is 0 Å². The molecular weight excluding hydrogens is 293 g/mol. The minimum absolute atomic E-state index is 0. The Bertz CT molecular complexity index is 238. The summed E-state index contributed by atoms with van der Waals surface area (Å²) >= 11 is 8.57. The van der Waals surface area contributed by atoms with Crippen molar-refractivity contribution < 1.29 is 31.0 Å². The van der Waals surface area contributed by atoms with Crippen molar-refractivity contribution in [2.24, 2.45) is 0 Å². The zero-order valence-corrected chi connectivity index (χ0v) is 14.0. The van der Waals surface area contributed by atoms with Gasteiger partial charge in [0.25, 0.3) is 0 Å². The van der Waals surface area contributed by atoms with Crippen LogP contribution in [0.25, 0.3) is 0 Å². The van der Waals surface area contributed by atoms with Crippen LogP contribution in [0.3, 0.4) is 0 Å². The van der Waals surface area contributed by atoms with E-state index in [0.717, 1.165) is 0 Å². The Balaban J connectivity index is -0.00000112. The van der Waals surface area contributed by atoms with Crippen LogP contribution in [0, 0.1) is 0 Å². The summed E-state index contributed by atoms with van der Waals surface area (Å²) in [5.41, 5.74) is 0. The van der Waals surface area contributed by atoms with Crippen LogP contribution in [-0.4, -0.2) is 114 Å². The van der Waals surface area contributed by atoms with E-state index in [1.807, 2.05) is 0 Å². The van der Waals surface area contributed by atoms with E-state index in [4.69, 9.17) is 22.4 Å². The minimum atomic E-state index is -1.62. The van der Waals surface area contributed by atoms with Crippen molar-refractivity contribution in [1.82, 2.24) is 4.90 Å².